The van der Waals surface area contributed by atoms with E-state index in [1.165, 1.54) is 4.88 Å². The third-order valence-electron chi connectivity index (χ3n) is 2.95. The maximum atomic E-state index is 5.77. The Balaban J connectivity index is 1.98. The average Bonchev–Trinajstić information content (AvgIpc) is 3.05. The van der Waals surface area contributed by atoms with Gasteiger partial charge in [0.1, 0.15) is 10.6 Å². The van der Waals surface area contributed by atoms with Gasteiger partial charge in [0.05, 0.1) is 11.4 Å². The fourth-order valence-electron chi connectivity index (χ4n) is 2.01. The maximum Gasteiger partial charge on any atom is 0.223 e. The number of nitrogen functional groups attached to an aromatic ring is 1. The lowest BCUT2D eigenvalue weighted by Gasteiger charge is -2.16. The molecule has 3 rings (SSSR count). The van der Waals surface area contributed by atoms with Crippen LogP contribution >= 0.6 is 22.7 Å². The summed E-state index contributed by atoms with van der Waals surface area (Å²) < 4.78 is 0. The van der Waals surface area contributed by atoms with Crippen molar-refractivity contribution in [1.29, 1.82) is 0 Å². The molecule has 0 radical (unpaired) electrons. The van der Waals surface area contributed by atoms with Crippen LogP contribution in [0.25, 0.3) is 10.2 Å². The van der Waals surface area contributed by atoms with E-state index in [1.54, 1.807) is 22.7 Å². The highest BCUT2D eigenvalue weighted by Gasteiger charge is 2.14. The summed E-state index contributed by atoms with van der Waals surface area (Å²) in [5.74, 6) is 1.14. The molecule has 1 unspecified atom stereocenters. The number of nitrogens with zero attached hydrogens (tertiary/aromatic N) is 2. The lowest BCUT2D eigenvalue weighted by Crippen LogP contribution is -2.10. The van der Waals surface area contributed by atoms with Crippen LogP contribution in [0.3, 0.4) is 0 Å². The molecule has 0 spiro atoms. The van der Waals surface area contributed by atoms with Crippen LogP contribution in [0.1, 0.15) is 24.3 Å². The van der Waals surface area contributed by atoms with Gasteiger partial charge in [-0.3, -0.25) is 0 Å². The van der Waals surface area contributed by atoms with E-state index in [9.17, 15) is 0 Å². The highest BCUT2D eigenvalue weighted by atomic mass is 32.1. The van der Waals surface area contributed by atoms with E-state index >= 15 is 0 Å². The third kappa shape index (κ3) is 2.41. The van der Waals surface area contributed by atoms with E-state index < -0.39 is 0 Å². The van der Waals surface area contributed by atoms with E-state index in [0.29, 0.717) is 5.95 Å². The molecular weight excluding hydrogens is 276 g/mol. The van der Waals surface area contributed by atoms with Gasteiger partial charge in [0.2, 0.25) is 5.95 Å². The standard InChI is InChI=1S/C13H14N4S2/c1-2-9(10-4-3-6-18-10)15-11-8-5-7-19-12(8)17-13(14)16-11/h3-7,9H,2H2,1H3,(H3,14,15,16,17). The molecule has 0 amide bonds. The lowest BCUT2D eigenvalue weighted by atomic mass is 10.2. The van der Waals surface area contributed by atoms with Crippen LogP contribution in [0.15, 0.2) is 29.0 Å². The van der Waals surface area contributed by atoms with Crippen molar-refractivity contribution in [3.05, 3.63) is 33.8 Å². The Bertz CT molecular complexity index is 675. The quantitative estimate of drug-likeness (QED) is 0.765. The minimum absolute atomic E-state index is 0.261. The molecule has 0 bridgehead atoms. The Hall–Kier alpha value is -1.66. The van der Waals surface area contributed by atoms with Gasteiger partial charge in [-0.1, -0.05) is 13.0 Å². The molecule has 6 heteroatoms. The van der Waals surface area contributed by atoms with Crippen LogP contribution in [0.5, 0.6) is 0 Å². The fraction of sp³-hybridized carbons (Fsp3) is 0.231. The molecule has 3 aromatic rings. The van der Waals surface area contributed by atoms with Crippen LogP contribution in [0.4, 0.5) is 11.8 Å². The van der Waals surface area contributed by atoms with E-state index in [0.717, 1.165) is 22.5 Å². The normalized spacial score (nSPS) is 12.7. The topological polar surface area (TPSA) is 63.8 Å². The van der Waals surface area contributed by atoms with Crippen LogP contribution < -0.4 is 11.1 Å². The molecule has 0 fully saturated rings. The summed E-state index contributed by atoms with van der Waals surface area (Å²) in [5.41, 5.74) is 5.77. The molecule has 1 atom stereocenters. The van der Waals surface area contributed by atoms with Crippen molar-refractivity contribution in [3.63, 3.8) is 0 Å². The zero-order chi connectivity index (χ0) is 13.2. The SMILES string of the molecule is CCC(Nc1nc(N)nc2sccc12)c1cccs1. The number of rotatable bonds is 4. The van der Waals surface area contributed by atoms with Gasteiger partial charge in [-0.15, -0.1) is 22.7 Å². The number of nitrogens with one attached hydrogen (secondary N) is 1. The van der Waals surface area contributed by atoms with Gasteiger partial charge in [0.25, 0.3) is 0 Å². The van der Waals surface area contributed by atoms with E-state index in [1.807, 2.05) is 11.4 Å². The second-order valence-corrected chi connectivity index (χ2v) is 6.06. The molecule has 98 valence electrons. The van der Waals surface area contributed by atoms with Gasteiger partial charge < -0.3 is 11.1 Å². The van der Waals surface area contributed by atoms with Crippen molar-refractivity contribution < 1.29 is 0 Å². The van der Waals surface area contributed by atoms with E-state index in [2.05, 4.69) is 39.7 Å². The van der Waals surface area contributed by atoms with Gasteiger partial charge in [0.15, 0.2) is 0 Å². The van der Waals surface area contributed by atoms with Crippen LogP contribution in [-0.2, 0) is 0 Å². The highest BCUT2D eigenvalue weighted by Crippen LogP contribution is 2.31. The summed E-state index contributed by atoms with van der Waals surface area (Å²) >= 11 is 3.33. The molecule has 3 aromatic heterocycles. The smallest absolute Gasteiger partial charge is 0.223 e. The number of fused-ring (bicyclic) bond motifs is 1. The van der Waals surface area contributed by atoms with Crippen molar-refractivity contribution in [3.8, 4) is 0 Å². The lowest BCUT2D eigenvalue weighted by molar-refractivity contribution is 0.760. The Kier molecular flexibility index (Phi) is 3.35. The Morgan fingerprint density at radius 3 is 2.89 bits per heavy atom. The molecule has 0 aromatic carbocycles. The van der Waals surface area contributed by atoms with E-state index in [-0.39, 0.29) is 6.04 Å². The summed E-state index contributed by atoms with van der Waals surface area (Å²) in [6, 6.07) is 6.50. The molecule has 3 heterocycles. The first-order chi connectivity index (χ1) is 9.28. The number of hydrogen-bond donors (Lipinski definition) is 2. The Morgan fingerprint density at radius 2 is 2.16 bits per heavy atom. The zero-order valence-corrected chi connectivity index (χ0v) is 12.1. The molecule has 19 heavy (non-hydrogen) atoms. The van der Waals surface area contributed by atoms with Crippen molar-refractivity contribution >= 4 is 44.7 Å². The van der Waals surface area contributed by atoms with Gasteiger partial charge in [-0.25, -0.2) is 4.98 Å². The molecule has 0 saturated heterocycles. The first kappa shape index (κ1) is 12.4. The first-order valence-corrected chi connectivity index (χ1v) is 7.84. The van der Waals surface area contributed by atoms with E-state index in [4.69, 9.17) is 5.73 Å². The van der Waals surface area contributed by atoms with Crippen LogP contribution in [0.2, 0.25) is 0 Å². The number of anilines is 2. The summed E-state index contributed by atoms with van der Waals surface area (Å²) in [6.07, 6.45) is 0.996. The van der Waals surface area contributed by atoms with Gasteiger partial charge in [-0.2, -0.15) is 4.98 Å². The summed E-state index contributed by atoms with van der Waals surface area (Å²) in [5, 5.41) is 8.62. The summed E-state index contributed by atoms with van der Waals surface area (Å²) in [4.78, 5) is 10.8. The number of nitrogens with two attached hydrogens (primary N) is 1. The molecule has 0 saturated carbocycles. The minimum atomic E-state index is 0.261. The number of thiophene rings is 2. The molecule has 3 N–H and O–H groups in total. The predicted molar refractivity (Wildman–Crippen MR) is 82.8 cm³/mol. The molecule has 4 nitrogen and oxygen atoms in total. The average molecular weight is 290 g/mol. The van der Waals surface area contributed by atoms with Gasteiger partial charge in [-0.05, 0) is 29.3 Å². The summed E-state index contributed by atoms with van der Waals surface area (Å²) in [6.45, 7) is 2.16. The molecular formula is C13H14N4S2. The molecule has 0 aliphatic heterocycles. The summed E-state index contributed by atoms with van der Waals surface area (Å²) in [7, 11) is 0. The minimum Gasteiger partial charge on any atom is -0.368 e. The first-order valence-electron chi connectivity index (χ1n) is 6.08. The molecule has 0 aliphatic rings. The van der Waals surface area contributed by atoms with Crippen molar-refractivity contribution in [2.75, 3.05) is 11.1 Å². The Morgan fingerprint density at radius 1 is 1.26 bits per heavy atom. The second kappa shape index (κ2) is 5.14. The zero-order valence-electron chi connectivity index (χ0n) is 10.5. The molecule has 0 aliphatic carbocycles. The third-order valence-corrected chi connectivity index (χ3v) is 4.74. The Labute approximate surface area is 119 Å². The number of aromatic nitrogens is 2. The predicted octanol–water partition coefficient (Wildman–Crippen LogP) is 3.90. The fourth-order valence-corrected chi connectivity index (χ4v) is 3.64. The monoisotopic (exact) mass is 290 g/mol. The van der Waals surface area contributed by atoms with Crippen molar-refractivity contribution in [2.45, 2.75) is 19.4 Å². The second-order valence-electron chi connectivity index (χ2n) is 4.19. The maximum absolute atomic E-state index is 5.77. The van der Waals surface area contributed by atoms with Crippen LogP contribution in [-0.4, -0.2) is 9.97 Å². The van der Waals surface area contributed by atoms with Crippen LogP contribution in [0, 0.1) is 0 Å². The largest absolute Gasteiger partial charge is 0.368 e. The van der Waals surface area contributed by atoms with Crippen molar-refractivity contribution in [1.82, 2.24) is 9.97 Å². The highest BCUT2D eigenvalue weighted by molar-refractivity contribution is 7.16. The number of hydrogen-bond acceptors (Lipinski definition) is 6. The van der Waals surface area contributed by atoms with Gasteiger partial charge in [0, 0.05) is 4.88 Å². The van der Waals surface area contributed by atoms with Crippen molar-refractivity contribution in [2.24, 2.45) is 0 Å². The van der Waals surface area contributed by atoms with Gasteiger partial charge >= 0.3 is 0 Å².